The van der Waals surface area contributed by atoms with E-state index in [1.165, 1.54) is 25.7 Å². The van der Waals surface area contributed by atoms with E-state index in [9.17, 15) is 9.59 Å². The molecule has 2 rings (SSSR count). The van der Waals surface area contributed by atoms with Gasteiger partial charge in [0.05, 0.1) is 0 Å². The van der Waals surface area contributed by atoms with Gasteiger partial charge < -0.3 is 19.3 Å². The second-order valence-electron chi connectivity index (χ2n) is 11.3. The molecule has 174 valence electrons. The molecule has 0 heterocycles. The second kappa shape index (κ2) is 9.78. The van der Waals surface area contributed by atoms with Crippen LogP contribution in [0, 0.1) is 11.8 Å². The van der Waals surface area contributed by atoms with Crippen LogP contribution < -0.4 is 0 Å². The normalized spacial score (nSPS) is 27.9. The largest absolute Gasteiger partial charge is 0.444 e. The van der Waals surface area contributed by atoms with E-state index in [0.717, 1.165) is 37.5 Å². The zero-order chi connectivity index (χ0) is 22.7. The van der Waals surface area contributed by atoms with Crippen LogP contribution >= 0.6 is 0 Å². The first-order valence-electron chi connectivity index (χ1n) is 11.7. The lowest BCUT2D eigenvalue weighted by atomic mass is 9.71. The lowest BCUT2D eigenvalue weighted by Crippen LogP contribution is -2.44. The van der Waals surface area contributed by atoms with Crippen molar-refractivity contribution in [2.45, 2.75) is 116 Å². The van der Waals surface area contributed by atoms with Crippen LogP contribution in [0.4, 0.5) is 9.59 Å². The molecule has 0 unspecified atom stereocenters. The molecule has 0 N–H and O–H groups in total. The maximum absolute atomic E-state index is 12.3. The van der Waals surface area contributed by atoms with Crippen molar-refractivity contribution in [2.24, 2.45) is 11.8 Å². The number of amides is 2. The standard InChI is InChI=1S/C24H44N2O4/c1-23(2,3)29-21(27)25(7)19-13-9-17(10-14-19)18-11-15-20(16-12-18)26(8)22(28)30-24(4,5)6/h17-20H,9-16H2,1-8H3. The molecule has 2 aliphatic carbocycles. The first kappa shape index (κ1) is 24.8. The van der Waals surface area contributed by atoms with Crippen LogP contribution in [0.2, 0.25) is 0 Å². The Morgan fingerprint density at radius 1 is 0.600 bits per heavy atom. The molecule has 0 bridgehead atoms. The maximum Gasteiger partial charge on any atom is 0.410 e. The van der Waals surface area contributed by atoms with Gasteiger partial charge >= 0.3 is 12.2 Å². The third-order valence-corrected chi connectivity index (χ3v) is 6.61. The van der Waals surface area contributed by atoms with Gasteiger partial charge in [-0.25, -0.2) is 9.59 Å². The van der Waals surface area contributed by atoms with Crippen molar-refractivity contribution >= 4 is 12.2 Å². The third kappa shape index (κ3) is 7.35. The summed E-state index contributed by atoms with van der Waals surface area (Å²) in [5, 5.41) is 0. The zero-order valence-corrected chi connectivity index (χ0v) is 20.5. The van der Waals surface area contributed by atoms with E-state index in [2.05, 4.69) is 0 Å². The highest BCUT2D eigenvalue weighted by Gasteiger charge is 2.35. The summed E-state index contributed by atoms with van der Waals surface area (Å²) in [4.78, 5) is 28.3. The highest BCUT2D eigenvalue weighted by atomic mass is 16.6. The molecule has 2 fully saturated rings. The monoisotopic (exact) mass is 424 g/mol. The Morgan fingerprint density at radius 2 is 0.867 bits per heavy atom. The first-order chi connectivity index (χ1) is 13.8. The van der Waals surface area contributed by atoms with E-state index in [-0.39, 0.29) is 24.3 Å². The molecule has 0 aromatic carbocycles. The summed E-state index contributed by atoms with van der Waals surface area (Å²) in [6.45, 7) is 11.5. The van der Waals surface area contributed by atoms with E-state index in [0.29, 0.717) is 0 Å². The Kier molecular flexibility index (Phi) is 8.09. The van der Waals surface area contributed by atoms with Crippen LogP contribution in [0.15, 0.2) is 0 Å². The van der Waals surface area contributed by atoms with Gasteiger partial charge in [-0.15, -0.1) is 0 Å². The highest BCUT2D eigenvalue weighted by Crippen LogP contribution is 2.40. The number of ether oxygens (including phenoxy) is 2. The Hall–Kier alpha value is -1.46. The first-order valence-corrected chi connectivity index (χ1v) is 11.7. The predicted octanol–water partition coefficient (Wildman–Crippen LogP) is 5.84. The van der Waals surface area contributed by atoms with Gasteiger partial charge in [0, 0.05) is 26.2 Å². The number of carbonyl (C=O) groups excluding carboxylic acids is 2. The molecular weight excluding hydrogens is 380 g/mol. The van der Waals surface area contributed by atoms with Crippen LogP contribution in [-0.2, 0) is 9.47 Å². The summed E-state index contributed by atoms with van der Waals surface area (Å²) < 4.78 is 11.0. The van der Waals surface area contributed by atoms with Crippen LogP contribution in [0.5, 0.6) is 0 Å². The number of carbonyl (C=O) groups is 2. The van der Waals surface area contributed by atoms with Crippen molar-refractivity contribution in [3.63, 3.8) is 0 Å². The van der Waals surface area contributed by atoms with Crippen LogP contribution in [-0.4, -0.2) is 59.4 Å². The summed E-state index contributed by atoms with van der Waals surface area (Å²) in [6.07, 6.45) is 8.49. The molecule has 0 saturated heterocycles. The Morgan fingerprint density at radius 3 is 1.10 bits per heavy atom. The van der Waals surface area contributed by atoms with E-state index in [1.807, 2.05) is 55.6 Å². The zero-order valence-electron chi connectivity index (χ0n) is 20.5. The van der Waals surface area contributed by atoms with Crippen molar-refractivity contribution in [3.8, 4) is 0 Å². The fourth-order valence-corrected chi connectivity index (χ4v) is 4.89. The summed E-state index contributed by atoms with van der Waals surface area (Å²) in [7, 11) is 3.74. The molecule has 0 radical (unpaired) electrons. The summed E-state index contributed by atoms with van der Waals surface area (Å²) in [6, 6.07) is 0.566. The van der Waals surface area contributed by atoms with E-state index in [1.54, 1.807) is 9.80 Å². The van der Waals surface area contributed by atoms with Gasteiger partial charge in [-0.2, -0.15) is 0 Å². The molecule has 0 aromatic rings. The van der Waals surface area contributed by atoms with Gasteiger partial charge in [-0.1, -0.05) is 0 Å². The minimum atomic E-state index is -0.451. The van der Waals surface area contributed by atoms with Crippen molar-refractivity contribution in [1.29, 1.82) is 0 Å². The van der Waals surface area contributed by atoms with E-state index in [4.69, 9.17) is 9.47 Å². The van der Waals surface area contributed by atoms with E-state index < -0.39 is 11.2 Å². The van der Waals surface area contributed by atoms with Crippen LogP contribution in [0.3, 0.4) is 0 Å². The quantitative estimate of drug-likeness (QED) is 0.571. The second-order valence-corrected chi connectivity index (χ2v) is 11.3. The number of nitrogens with zero attached hydrogens (tertiary/aromatic N) is 2. The van der Waals surface area contributed by atoms with Crippen LogP contribution in [0.1, 0.15) is 92.9 Å². The number of hydrogen-bond acceptors (Lipinski definition) is 4. The topological polar surface area (TPSA) is 59.1 Å². The van der Waals surface area contributed by atoms with Gasteiger partial charge in [0.15, 0.2) is 0 Å². The Labute approximate surface area is 183 Å². The highest BCUT2D eigenvalue weighted by molar-refractivity contribution is 5.68. The molecule has 0 aromatic heterocycles. The molecule has 0 aliphatic heterocycles. The van der Waals surface area contributed by atoms with Gasteiger partial charge in [-0.05, 0) is 105 Å². The predicted molar refractivity (Wildman–Crippen MR) is 119 cm³/mol. The average molecular weight is 425 g/mol. The molecule has 0 atom stereocenters. The fourth-order valence-electron chi connectivity index (χ4n) is 4.89. The smallest absolute Gasteiger partial charge is 0.410 e. The molecule has 6 nitrogen and oxygen atoms in total. The molecule has 6 heteroatoms. The Bertz CT molecular complexity index is 525. The average Bonchev–Trinajstić information content (AvgIpc) is 2.64. The molecule has 0 spiro atoms. The maximum atomic E-state index is 12.3. The van der Waals surface area contributed by atoms with Crippen LogP contribution in [0.25, 0.3) is 0 Å². The molecule has 2 aliphatic rings. The SMILES string of the molecule is CN(C(=O)OC(C)(C)C)C1CCC(C2CCC(N(C)C(=O)OC(C)(C)C)CC2)CC1. The summed E-state index contributed by atoms with van der Waals surface area (Å²) >= 11 is 0. The van der Waals surface area contributed by atoms with Crippen molar-refractivity contribution < 1.29 is 19.1 Å². The van der Waals surface area contributed by atoms with Gasteiger partial charge in [-0.3, -0.25) is 0 Å². The van der Waals surface area contributed by atoms with Crippen molar-refractivity contribution in [2.75, 3.05) is 14.1 Å². The minimum absolute atomic E-state index is 0.211. The van der Waals surface area contributed by atoms with Crippen molar-refractivity contribution in [3.05, 3.63) is 0 Å². The molecule has 30 heavy (non-hydrogen) atoms. The molecule has 2 saturated carbocycles. The lowest BCUT2D eigenvalue weighted by Gasteiger charge is -2.41. The number of rotatable bonds is 3. The number of hydrogen-bond donors (Lipinski definition) is 0. The molecule has 2 amide bonds. The van der Waals surface area contributed by atoms with E-state index >= 15 is 0 Å². The lowest BCUT2D eigenvalue weighted by molar-refractivity contribution is 0.00993. The summed E-state index contributed by atoms with van der Waals surface area (Å²) in [5.41, 5.74) is -0.901. The summed E-state index contributed by atoms with van der Waals surface area (Å²) in [5.74, 6) is 1.47. The molecular formula is C24H44N2O4. The van der Waals surface area contributed by atoms with Gasteiger partial charge in [0.25, 0.3) is 0 Å². The van der Waals surface area contributed by atoms with Gasteiger partial charge in [0.2, 0.25) is 0 Å². The Balaban J connectivity index is 1.76. The minimum Gasteiger partial charge on any atom is -0.444 e. The van der Waals surface area contributed by atoms with Gasteiger partial charge in [0.1, 0.15) is 11.2 Å². The van der Waals surface area contributed by atoms with Crippen molar-refractivity contribution in [1.82, 2.24) is 9.80 Å². The third-order valence-electron chi connectivity index (χ3n) is 6.61. The fraction of sp³-hybridized carbons (Fsp3) is 0.917.